The number of nitrogens with zero attached hydrogens (tertiary/aromatic N) is 3. The first-order chi connectivity index (χ1) is 9.56. The van der Waals surface area contributed by atoms with E-state index in [0.29, 0.717) is 16.6 Å². The average molecular weight is 294 g/mol. The molecule has 2 heterocycles. The minimum atomic E-state index is -0.422. The number of aromatic nitrogens is 3. The van der Waals surface area contributed by atoms with E-state index >= 15 is 0 Å². The third-order valence-electron chi connectivity index (χ3n) is 2.99. The van der Waals surface area contributed by atoms with Gasteiger partial charge in [0.05, 0.1) is 12.2 Å². The van der Waals surface area contributed by atoms with Crippen LogP contribution >= 0.6 is 11.6 Å². The normalized spacial score (nSPS) is 11.2. The van der Waals surface area contributed by atoms with Crippen molar-refractivity contribution >= 4 is 22.7 Å². The molecule has 0 aliphatic carbocycles. The first kappa shape index (κ1) is 12.8. The highest BCUT2D eigenvalue weighted by Gasteiger charge is 2.13. The SMILES string of the molecule is Cc1noc2ncn(Cc3ccc(F)cc3Cl)c(=O)c12. The average Bonchev–Trinajstić information content (AvgIpc) is 2.78. The number of aryl methyl sites for hydroxylation is 1. The molecule has 0 N–H and O–H groups in total. The summed E-state index contributed by atoms with van der Waals surface area (Å²) >= 11 is 5.95. The van der Waals surface area contributed by atoms with Crippen LogP contribution in [-0.2, 0) is 6.54 Å². The Bertz CT molecular complexity index is 856. The van der Waals surface area contributed by atoms with Gasteiger partial charge in [0.25, 0.3) is 11.3 Å². The van der Waals surface area contributed by atoms with Gasteiger partial charge in [0, 0.05) is 5.02 Å². The van der Waals surface area contributed by atoms with Gasteiger partial charge in [0.15, 0.2) is 0 Å². The number of hydrogen-bond acceptors (Lipinski definition) is 4. The Morgan fingerprint density at radius 3 is 3.00 bits per heavy atom. The zero-order valence-corrected chi connectivity index (χ0v) is 11.2. The van der Waals surface area contributed by atoms with Gasteiger partial charge in [0.2, 0.25) is 0 Å². The molecule has 0 atom stereocenters. The largest absolute Gasteiger partial charge is 0.335 e. The second-order valence-electron chi connectivity index (χ2n) is 4.36. The van der Waals surface area contributed by atoms with Gasteiger partial charge in [0.1, 0.15) is 17.5 Å². The molecule has 0 bridgehead atoms. The third-order valence-corrected chi connectivity index (χ3v) is 3.34. The van der Waals surface area contributed by atoms with E-state index < -0.39 is 5.82 Å². The number of benzene rings is 1. The molecule has 5 nitrogen and oxygen atoms in total. The van der Waals surface area contributed by atoms with Crippen molar-refractivity contribution in [3.8, 4) is 0 Å². The van der Waals surface area contributed by atoms with Crippen LogP contribution in [0.25, 0.3) is 11.1 Å². The molecule has 3 rings (SSSR count). The van der Waals surface area contributed by atoms with E-state index in [-0.39, 0.29) is 22.8 Å². The molecule has 0 aliphatic heterocycles. The van der Waals surface area contributed by atoms with Crippen LogP contribution in [0.15, 0.2) is 33.8 Å². The first-order valence-electron chi connectivity index (χ1n) is 5.81. The van der Waals surface area contributed by atoms with E-state index in [2.05, 4.69) is 10.1 Å². The molecule has 0 amide bonds. The number of fused-ring (bicyclic) bond motifs is 1. The monoisotopic (exact) mass is 293 g/mol. The van der Waals surface area contributed by atoms with E-state index in [4.69, 9.17) is 16.1 Å². The van der Waals surface area contributed by atoms with E-state index in [0.717, 1.165) is 0 Å². The Kier molecular flexibility index (Phi) is 3.02. The Balaban J connectivity index is 2.09. The van der Waals surface area contributed by atoms with E-state index in [9.17, 15) is 9.18 Å². The van der Waals surface area contributed by atoms with Crippen molar-refractivity contribution in [1.29, 1.82) is 0 Å². The van der Waals surface area contributed by atoms with Crippen molar-refractivity contribution in [1.82, 2.24) is 14.7 Å². The summed E-state index contributed by atoms with van der Waals surface area (Å²) in [4.78, 5) is 16.3. The Hall–Kier alpha value is -2.21. The molecule has 0 saturated heterocycles. The standard InChI is InChI=1S/C13H9ClFN3O2/c1-7-11-12(20-17-7)16-6-18(13(11)19)5-8-2-3-9(15)4-10(8)14/h2-4,6H,5H2,1H3. The smallest absolute Gasteiger partial charge is 0.266 e. The fourth-order valence-electron chi connectivity index (χ4n) is 1.96. The minimum absolute atomic E-state index is 0.200. The van der Waals surface area contributed by atoms with Crippen LogP contribution in [-0.4, -0.2) is 14.7 Å². The summed E-state index contributed by atoms with van der Waals surface area (Å²) in [5.74, 6) is -0.422. The van der Waals surface area contributed by atoms with Crippen LogP contribution in [0.3, 0.4) is 0 Å². The van der Waals surface area contributed by atoms with Gasteiger partial charge in [-0.1, -0.05) is 22.8 Å². The van der Waals surface area contributed by atoms with Crippen molar-refractivity contribution in [3.63, 3.8) is 0 Å². The summed E-state index contributed by atoms with van der Waals surface area (Å²) in [5.41, 5.74) is 1.05. The maximum atomic E-state index is 13.0. The molecule has 102 valence electrons. The number of halogens is 2. The molecule has 0 fully saturated rings. The summed E-state index contributed by atoms with van der Waals surface area (Å²) in [5, 5.41) is 4.31. The van der Waals surface area contributed by atoms with Gasteiger partial charge in [-0.2, -0.15) is 0 Å². The Morgan fingerprint density at radius 1 is 1.45 bits per heavy atom. The molecule has 0 unspecified atom stereocenters. The number of hydrogen-bond donors (Lipinski definition) is 0. The highest BCUT2D eigenvalue weighted by atomic mass is 35.5. The van der Waals surface area contributed by atoms with Gasteiger partial charge in [-0.25, -0.2) is 9.37 Å². The van der Waals surface area contributed by atoms with Crippen molar-refractivity contribution in [2.75, 3.05) is 0 Å². The van der Waals surface area contributed by atoms with Gasteiger partial charge in [-0.15, -0.1) is 0 Å². The van der Waals surface area contributed by atoms with Gasteiger partial charge < -0.3 is 4.52 Å². The molecule has 3 aromatic rings. The molecular formula is C13H9ClFN3O2. The van der Waals surface area contributed by atoms with Gasteiger partial charge in [-0.3, -0.25) is 9.36 Å². The van der Waals surface area contributed by atoms with E-state index in [1.807, 2.05) is 0 Å². The second-order valence-corrected chi connectivity index (χ2v) is 4.77. The van der Waals surface area contributed by atoms with Crippen LogP contribution in [0.2, 0.25) is 5.02 Å². The predicted molar refractivity (Wildman–Crippen MR) is 71.3 cm³/mol. The fraction of sp³-hybridized carbons (Fsp3) is 0.154. The molecular weight excluding hydrogens is 285 g/mol. The number of rotatable bonds is 2. The molecule has 7 heteroatoms. The van der Waals surface area contributed by atoms with Crippen LogP contribution in [0, 0.1) is 12.7 Å². The summed E-state index contributed by atoms with van der Waals surface area (Å²) < 4.78 is 19.3. The van der Waals surface area contributed by atoms with Crippen molar-refractivity contribution < 1.29 is 8.91 Å². The fourth-order valence-corrected chi connectivity index (χ4v) is 2.18. The summed E-state index contributed by atoms with van der Waals surface area (Å²) in [7, 11) is 0. The van der Waals surface area contributed by atoms with Crippen LogP contribution in [0.1, 0.15) is 11.3 Å². The maximum absolute atomic E-state index is 13.0. The van der Waals surface area contributed by atoms with Crippen molar-refractivity contribution in [3.05, 3.63) is 57.0 Å². The highest BCUT2D eigenvalue weighted by molar-refractivity contribution is 6.31. The van der Waals surface area contributed by atoms with Gasteiger partial charge in [-0.05, 0) is 24.6 Å². The van der Waals surface area contributed by atoms with Crippen molar-refractivity contribution in [2.45, 2.75) is 13.5 Å². The topological polar surface area (TPSA) is 60.9 Å². The Morgan fingerprint density at radius 2 is 2.25 bits per heavy atom. The van der Waals surface area contributed by atoms with E-state index in [1.54, 1.807) is 6.92 Å². The van der Waals surface area contributed by atoms with Gasteiger partial charge >= 0.3 is 0 Å². The lowest BCUT2D eigenvalue weighted by atomic mass is 10.2. The quantitative estimate of drug-likeness (QED) is 0.728. The van der Waals surface area contributed by atoms with Crippen LogP contribution < -0.4 is 5.56 Å². The molecule has 1 aromatic carbocycles. The van der Waals surface area contributed by atoms with Crippen molar-refractivity contribution in [2.24, 2.45) is 0 Å². The Labute approximate surface area is 117 Å². The molecule has 0 radical (unpaired) electrons. The van der Waals surface area contributed by atoms with Crippen LogP contribution in [0.4, 0.5) is 4.39 Å². The third kappa shape index (κ3) is 2.08. The second kappa shape index (κ2) is 4.72. The zero-order valence-electron chi connectivity index (χ0n) is 10.4. The van der Waals surface area contributed by atoms with Crippen LogP contribution in [0.5, 0.6) is 0 Å². The lowest BCUT2D eigenvalue weighted by Crippen LogP contribution is -2.21. The lowest BCUT2D eigenvalue weighted by molar-refractivity contribution is 0.442. The molecule has 2 aromatic heterocycles. The molecule has 0 spiro atoms. The van der Waals surface area contributed by atoms with E-state index in [1.165, 1.54) is 29.1 Å². The molecule has 0 aliphatic rings. The zero-order chi connectivity index (χ0) is 14.3. The predicted octanol–water partition coefficient (Wildman–Crippen LogP) is 2.53. The highest BCUT2D eigenvalue weighted by Crippen LogP contribution is 2.18. The minimum Gasteiger partial charge on any atom is -0.335 e. The summed E-state index contributed by atoms with van der Waals surface area (Å²) in [6.45, 7) is 1.87. The summed E-state index contributed by atoms with van der Waals surface area (Å²) in [6.07, 6.45) is 1.36. The first-order valence-corrected chi connectivity index (χ1v) is 6.19. The molecule has 0 saturated carbocycles. The molecule has 20 heavy (non-hydrogen) atoms. The lowest BCUT2D eigenvalue weighted by Gasteiger charge is -2.07. The summed E-state index contributed by atoms with van der Waals surface area (Å²) in [6, 6.07) is 4.04. The maximum Gasteiger partial charge on any atom is 0.266 e.